The SMILES string of the molecule is I.O=S1(=O)CCC(CN=C(NC2CCCCC2)NC2CCOC(C3CC3)C2)C1. The normalized spacial score (nSPS) is 33.9. The fourth-order valence-electron chi connectivity index (χ4n) is 4.76. The average Bonchev–Trinajstić information content (AvgIpc) is 3.45. The molecule has 4 aliphatic rings. The fourth-order valence-corrected chi connectivity index (χ4v) is 6.61. The predicted octanol–water partition coefficient (Wildman–Crippen LogP) is 2.86. The lowest BCUT2D eigenvalue weighted by Crippen LogP contribution is -2.50. The molecule has 3 unspecified atom stereocenters. The van der Waals surface area contributed by atoms with E-state index in [9.17, 15) is 8.42 Å². The monoisotopic (exact) mass is 525 g/mol. The number of nitrogens with one attached hydrogen (secondary N) is 2. The molecule has 0 aromatic rings. The third-order valence-electron chi connectivity index (χ3n) is 6.58. The van der Waals surface area contributed by atoms with Gasteiger partial charge in [0.25, 0.3) is 0 Å². The standard InChI is InChI=1S/C20H35N3O3S.HI/c24-27(25)11-9-15(14-27)13-21-20(22-17-4-2-1-3-5-17)23-18-8-10-26-19(12-18)16-6-7-16;/h15-19H,1-14H2,(H2,21,22,23);1H. The van der Waals surface area contributed by atoms with Gasteiger partial charge in [-0.2, -0.15) is 0 Å². The average molecular weight is 525 g/mol. The molecule has 3 atom stereocenters. The molecule has 0 aromatic carbocycles. The highest BCUT2D eigenvalue weighted by atomic mass is 127. The van der Waals surface area contributed by atoms with Gasteiger partial charge in [-0.25, -0.2) is 8.42 Å². The smallest absolute Gasteiger partial charge is 0.191 e. The Kier molecular flexibility index (Phi) is 8.30. The van der Waals surface area contributed by atoms with Gasteiger partial charge < -0.3 is 15.4 Å². The first-order valence-corrected chi connectivity index (χ1v) is 12.8. The number of hydrogen-bond donors (Lipinski definition) is 2. The first-order valence-electron chi connectivity index (χ1n) is 11.0. The van der Waals surface area contributed by atoms with Crippen LogP contribution in [-0.4, -0.2) is 57.2 Å². The van der Waals surface area contributed by atoms with Crippen LogP contribution in [0.5, 0.6) is 0 Å². The zero-order valence-corrected chi connectivity index (χ0v) is 19.9. The van der Waals surface area contributed by atoms with Gasteiger partial charge in [0, 0.05) is 25.2 Å². The minimum atomic E-state index is -2.83. The van der Waals surface area contributed by atoms with E-state index in [2.05, 4.69) is 10.6 Å². The maximum atomic E-state index is 11.7. The van der Waals surface area contributed by atoms with Crippen molar-refractivity contribution in [3.05, 3.63) is 0 Å². The van der Waals surface area contributed by atoms with E-state index in [-0.39, 0.29) is 29.9 Å². The van der Waals surface area contributed by atoms with Crippen molar-refractivity contribution in [2.24, 2.45) is 16.8 Å². The van der Waals surface area contributed by atoms with Crippen molar-refractivity contribution in [2.45, 2.75) is 82.4 Å². The van der Waals surface area contributed by atoms with Crippen LogP contribution in [-0.2, 0) is 14.6 Å². The largest absolute Gasteiger partial charge is 0.378 e. The molecule has 2 aliphatic heterocycles. The summed E-state index contributed by atoms with van der Waals surface area (Å²) < 4.78 is 29.4. The molecular formula is C20H36IN3O3S. The van der Waals surface area contributed by atoms with E-state index in [0.717, 1.165) is 37.7 Å². The molecule has 0 radical (unpaired) electrons. The first kappa shape index (κ1) is 22.6. The van der Waals surface area contributed by atoms with Crippen molar-refractivity contribution in [1.82, 2.24) is 10.6 Å². The highest BCUT2D eigenvalue weighted by Gasteiger charge is 2.36. The Balaban J connectivity index is 0.00000225. The van der Waals surface area contributed by atoms with Crippen LogP contribution in [0.4, 0.5) is 0 Å². The summed E-state index contributed by atoms with van der Waals surface area (Å²) in [5.74, 6) is 2.47. The lowest BCUT2D eigenvalue weighted by molar-refractivity contribution is -0.00829. The van der Waals surface area contributed by atoms with Crippen molar-refractivity contribution in [3.63, 3.8) is 0 Å². The van der Waals surface area contributed by atoms with Crippen LogP contribution in [0.1, 0.15) is 64.2 Å². The van der Waals surface area contributed by atoms with Crippen LogP contribution in [0.15, 0.2) is 4.99 Å². The summed E-state index contributed by atoms with van der Waals surface area (Å²) >= 11 is 0. The second kappa shape index (κ2) is 10.3. The molecule has 2 heterocycles. The number of hydrogen-bond acceptors (Lipinski definition) is 4. The van der Waals surface area contributed by atoms with E-state index in [1.807, 2.05) is 0 Å². The molecule has 8 heteroatoms. The van der Waals surface area contributed by atoms with Crippen LogP contribution < -0.4 is 10.6 Å². The van der Waals surface area contributed by atoms with Crippen molar-refractivity contribution < 1.29 is 13.2 Å². The van der Waals surface area contributed by atoms with Crippen LogP contribution in [0.3, 0.4) is 0 Å². The highest BCUT2D eigenvalue weighted by molar-refractivity contribution is 14.0. The Morgan fingerprint density at radius 3 is 2.39 bits per heavy atom. The minimum absolute atomic E-state index is 0. The van der Waals surface area contributed by atoms with Gasteiger partial charge in [0.2, 0.25) is 0 Å². The molecule has 4 rings (SSSR count). The number of aliphatic imine (C=N–C) groups is 1. The van der Waals surface area contributed by atoms with Gasteiger partial charge in [0.15, 0.2) is 15.8 Å². The molecule has 0 amide bonds. The van der Waals surface area contributed by atoms with Crippen molar-refractivity contribution in [2.75, 3.05) is 24.7 Å². The summed E-state index contributed by atoms with van der Waals surface area (Å²) in [6.07, 6.45) is 12.2. The van der Waals surface area contributed by atoms with Crippen LogP contribution in [0.25, 0.3) is 0 Å². The van der Waals surface area contributed by atoms with Gasteiger partial charge >= 0.3 is 0 Å². The lowest BCUT2D eigenvalue weighted by Gasteiger charge is -2.33. The lowest BCUT2D eigenvalue weighted by atomic mass is 9.95. The number of guanidine groups is 1. The number of rotatable bonds is 5. The van der Waals surface area contributed by atoms with Gasteiger partial charge in [-0.15, -0.1) is 24.0 Å². The molecule has 4 fully saturated rings. The first-order chi connectivity index (χ1) is 13.1. The zero-order valence-electron chi connectivity index (χ0n) is 16.8. The summed E-state index contributed by atoms with van der Waals surface area (Å²) in [7, 11) is -2.83. The van der Waals surface area contributed by atoms with E-state index in [1.54, 1.807) is 0 Å². The maximum Gasteiger partial charge on any atom is 0.191 e. The van der Waals surface area contributed by atoms with Crippen molar-refractivity contribution >= 4 is 39.8 Å². The van der Waals surface area contributed by atoms with Crippen LogP contribution in [0.2, 0.25) is 0 Å². The second-order valence-corrected chi connectivity index (χ2v) is 11.3. The third-order valence-corrected chi connectivity index (χ3v) is 8.42. The Morgan fingerprint density at radius 1 is 0.964 bits per heavy atom. The zero-order chi connectivity index (χ0) is 18.7. The molecule has 0 bridgehead atoms. The maximum absolute atomic E-state index is 11.7. The predicted molar refractivity (Wildman–Crippen MR) is 123 cm³/mol. The van der Waals surface area contributed by atoms with Crippen LogP contribution in [0, 0.1) is 11.8 Å². The molecular weight excluding hydrogens is 489 g/mol. The van der Waals surface area contributed by atoms with Crippen LogP contribution >= 0.6 is 24.0 Å². The fraction of sp³-hybridized carbons (Fsp3) is 0.950. The molecule has 2 aliphatic carbocycles. The Morgan fingerprint density at radius 2 is 1.71 bits per heavy atom. The number of halogens is 1. The summed E-state index contributed by atoms with van der Waals surface area (Å²) in [6, 6.07) is 0.905. The van der Waals surface area contributed by atoms with Gasteiger partial charge in [0.05, 0.1) is 17.6 Å². The van der Waals surface area contributed by atoms with E-state index >= 15 is 0 Å². The Labute approximate surface area is 187 Å². The van der Waals surface area contributed by atoms with Gasteiger partial charge in [-0.3, -0.25) is 4.99 Å². The molecule has 0 aromatic heterocycles. The summed E-state index contributed by atoms with van der Waals surface area (Å²) in [6.45, 7) is 1.44. The molecule has 2 N–H and O–H groups in total. The number of sulfone groups is 1. The highest BCUT2D eigenvalue weighted by Crippen LogP contribution is 2.38. The minimum Gasteiger partial charge on any atom is -0.378 e. The Hall–Kier alpha value is -0.0900. The van der Waals surface area contributed by atoms with E-state index in [1.165, 1.54) is 44.9 Å². The number of nitrogens with zero attached hydrogens (tertiary/aromatic N) is 1. The topological polar surface area (TPSA) is 79.8 Å². The second-order valence-electron chi connectivity index (χ2n) is 9.05. The van der Waals surface area contributed by atoms with E-state index < -0.39 is 9.84 Å². The quantitative estimate of drug-likeness (QED) is 0.328. The Bertz CT molecular complexity index is 633. The van der Waals surface area contributed by atoms with Gasteiger partial charge in [-0.05, 0) is 56.8 Å². The van der Waals surface area contributed by atoms with E-state index in [4.69, 9.17) is 9.73 Å². The summed E-state index contributed by atoms with van der Waals surface area (Å²) in [5, 5.41) is 7.33. The number of ether oxygens (including phenoxy) is 1. The molecule has 2 saturated heterocycles. The summed E-state index contributed by atoms with van der Waals surface area (Å²) in [4.78, 5) is 4.83. The third kappa shape index (κ3) is 6.72. The molecule has 2 saturated carbocycles. The summed E-state index contributed by atoms with van der Waals surface area (Å²) in [5.41, 5.74) is 0. The molecule has 6 nitrogen and oxygen atoms in total. The van der Waals surface area contributed by atoms with Gasteiger partial charge in [-0.1, -0.05) is 19.3 Å². The van der Waals surface area contributed by atoms with Crippen molar-refractivity contribution in [3.8, 4) is 0 Å². The van der Waals surface area contributed by atoms with Gasteiger partial charge in [0.1, 0.15) is 0 Å². The molecule has 28 heavy (non-hydrogen) atoms. The van der Waals surface area contributed by atoms with E-state index in [0.29, 0.717) is 36.2 Å². The molecule has 162 valence electrons. The molecule has 0 spiro atoms. The van der Waals surface area contributed by atoms with Crippen molar-refractivity contribution in [1.29, 1.82) is 0 Å².